The molecule has 5 heteroatoms. The van der Waals surface area contributed by atoms with Gasteiger partial charge in [-0.25, -0.2) is 0 Å². The van der Waals surface area contributed by atoms with E-state index in [-0.39, 0.29) is 24.4 Å². The Morgan fingerprint density at radius 3 is 2.67 bits per heavy atom. The second kappa shape index (κ2) is 8.90. The summed E-state index contributed by atoms with van der Waals surface area (Å²) in [5.74, 6) is 1.11. The predicted molar refractivity (Wildman–Crippen MR) is 87.0 cm³/mol. The molecular formula is C16H25ClN2O2. The summed E-state index contributed by atoms with van der Waals surface area (Å²) in [4.78, 5) is 13.9. The smallest absolute Gasteiger partial charge is 0.222 e. The highest BCUT2D eigenvalue weighted by Gasteiger charge is 2.22. The zero-order chi connectivity index (χ0) is 14.4. The number of halogens is 1. The normalized spacial score (nSPS) is 17.4. The van der Waals surface area contributed by atoms with Gasteiger partial charge in [0, 0.05) is 25.6 Å². The van der Waals surface area contributed by atoms with Crippen LogP contribution < -0.4 is 10.5 Å². The lowest BCUT2D eigenvalue weighted by molar-refractivity contribution is -0.130. The van der Waals surface area contributed by atoms with Gasteiger partial charge in [-0.3, -0.25) is 4.79 Å². The van der Waals surface area contributed by atoms with Gasteiger partial charge in [-0.1, -0.05) is 19.1 Å². The van der Waals surface area contributed by atoms with E-state index >= 15 is 0 Å². The van der Waals surface area contributed by atoms with Crippen LogP contribution in [0, 0.1) is 0 Å². The Morgan fingerprint density at radius 1 is 1.38 bits per heavy atom. The zero-order valence-corrected chi connectivity index (χ0v) is 13.4. The van der Waals surface area contributed by atoms with Crippen molar-refractivity contribution in [3.63, 3.8) is 0 Å². The highest BCUT2D eigenvalue weighted by atomic mass is 35.5. The molecule has 1 fully saturated rings. The van der Waals surface area contributed by atoms with Crippen LogP contribution in [0.4, 0.5) is 0 Å². The number of likely N-dealkylation sites (tertiary alicyclic amines) is 1. The topological polar surface area (TPSA) is 55.6 Å². The molecule has 2 N–H and O–H groups in total. The Hall–Kier alpha value is -1.26. The second-order valence-electron chi connectivity index (χ2n) is 5.38. The quantitative estimate of drug-likeness (QED) is 0.877. The van der Waals surface area contributed by atoms with Crippen LogP contribution in [0.2, 0.25) is 0 Å². The average molecular weight is 313 g/mol. The van der Waals surface area contributed by atoms with Crippen LogP contribution in [0.15, 0.2) is 24.3 Å². The van der Waals surface area contributed by atoms with Crippen molar-refractivity contribution in [3.8, 4) is 5.75 Å². The number of ether oxygens (including phenoxy) is 1. The van der Waals surface area contributed by atoms with Crippen molar-refractivity contribution >= 4 is 18.3 Å². The first-order chi connectivity index (χ1) is 9.69. The van der Waals surface area contributed by atoms with Gasteiger partial charge in [0.25, 0.3) is 0 Å². The number of carbonyl (C=O) groups is 1. The minimum Gasteiger partial charge on any atom is -0.494 e. The van der Waals surface area contributed by atoms with E-state index in [9.17, 15) is 4.79 Å². The van der Waals surface area contributed by atoms with Crippen LogP contribution in [0.3, 0.4) is 0 Å². The average Bonchev–Trinajstić information content (AvgIpc) is 2.90. The molecule has 0 aromatic heterocycles. The monoisotopic (exact) mass is 312 g/mol. The predicted octanol–water partition coefficient (Wildman–Crippen LogP) is 2.39. The van der Waals surface area contributed by atoms with Crippen molar-refractivity contribution < 1.29 is 9.53 Å². The van der Waals surface area contributed by atoms with E-state index < -0.39 is 0 Å². The van der Waals surface area contributed by atoms with Crippen LogP contribution in [-0.4, -0.2) is 36.5 Å². The van der Waals surface area contributed by atoms with Crippen molar-refractivity contribution in [1.82, 2.24) is 4.90 Å². The number of nitrogens with two attached hydrogens (primary N) is 1. The standard InChI is InChI=1S/C16H24N2O2.ClH/c1-2-11-20-15-6-3-13(4-7-15)5-8-16(19)18-10-9-14(17)12-18;/h3-4,6-7,14H,2,5,8-12,17H2,1H3;1H/t14-;/m1./s1. The highest BCUT2D eigenvalue weighted by molar-refractivity contribution is 5.85. The highest BCUT2D eigenvalue weighted by Crippen LogP contribution is 2.15. The Bertz CT molecular complexity index is 436. The number of carbonyl (C=O) groups excluding carboxylic acids is 1. The number of aryl methyl sites for hydroxylation is 1. The number of rotatable bonds is 6. The van der Waals surface area contributed by atoms with E-state index in [0.717, 1.165) is 38.2 Å². The van der Waals surface area contributed by atoms with Crippen LogP contribution in [0.25, 0.3) is 0 Å². The van der Waals surface area contributed by atoms with Crippen molar-refractivity contribution in [1.29, 1.82) is 0 Å². The molecule has 21 heavy (non-hydrogen) atoms. The van der Waals surface area contributed by atoms with E-state index in [2.05, 4.69) is 6.92 Å². The number of hydrogen-bond donors (Lipinski definition) is 1. The fourth-order valence-electron chi connectivity index (χ4n) is 2.40. The third-order valence-electron chi connectivity index (χ3n) is 3.60. The molecule has 1 heterocycles. The molecule has 0 radical (unpaired) electrons. The summed E-state index contributed by atoms with van der Waals surface area (Å²) in [7, 11) is 0. The lowest BCUT2D eigenvalue weighted by Gasteiger charge is -2.15. The molecule has 4 nitrogen and oxygen atoms in total. The second-order valence-corrected chi connectivity index (χ2v) is 5.38. The lowest BCUT2D eigenvalue weighted by Crippen LogP contribution is -2.31. The molecule has 0 bridgehead atoms. The first kappa shape index (κ1) is 17.8. The SMILES string of the molecule is CCCOc1ccc(CCC(=O)N2CC[C@@H](N)C2)cc1.Cl. The summed E-state index contributed by atoms with van der Waals surface area (Å²) in [5, 5.41) is 0. The number of amides is 1. The van der Waals surface area contributed by atoms with Crippen molar-refractivity contribution in [2.75, 3.05) is 19.7 Å². The molecule has 0 aliphatic carbocycles. The van der Waals surface area contributed by atoms with Gasteiger partial charge in [0.1, 0.15) is 5.75 Å². The Labute approximate surface area is 133 Å². The number of nitrogens with zero attached hydrogens (tertiary/aromatic N) is 1. The summed E-state index contributed by atoms with van der Waals surface area (Å²) in [6, 6.07) is 8.18. The van der Waals surface area contributed by atoms with Gasteiger partial charge in [0.15, 0.2) is 0 Å². The van der Waals surface area contributed by atoms with Gasteiger partial charge in [0.2, 0.25) is 5.91 Å². The molecule has 0 unspecified atom stereocenters. The maximum absolute atomic E-state index is 12.0. The first-order valence-electron chi connectivity index (χ1n) is 7.44. The van der Waals surface area contributed by atoms with Crippen molar-refractivity contribution in [3.05, 3.63) is 29.8 Å². The van der Waals surface area contributed by atoms with Gasteiger partial charge in [-0.05, 0) is 37.0 Å². The Morgan fingerprint density at radius 2 is 2.10 bits per heavy atom. The first-order valence-corrected chi connectivity index (χ1v) is 7.44. The Kier molecular flexibility index (Phi) is 7.54. The van der Waals surface area contributed by atoms with E-state index in [4.69, 9.17) is 10.5 Å². The molecule has 1 aliphatic heterocycles. The summed E-state index contributed by atoms with van der Waals surface area (Å²) < 4.78 is 5.54. The molecule has 0 saturated carbocycles. The number of benzene rings is 1. The van der Waals surface area contributed by atoms with E-state index in [1.807, 2.05) is 29.2 Å². The molecule has 1 atom stereocenters. The van der Waals surface area contributed by atoms with Crippen LogP contribution in [0.5, 0.6) is 5.75 Å². The van der Waals surface area contributed by atoms with Crippen LogP contribution >= 0.6 is 12.4 Å². The molecule has 1 saturated heterocycles. The third-order valence-corrected chi connectivity index (χ3v) is 3.60. The minimum atomic E-state index is 0. The van der Waals surface area contributed by atoms with E-state index in [1.165, 1.54) is 5.56 Å². The van der Waals surface area contributed by atoms with Crippen molar-refractivity contribution in [2.45, 2.75) is 38.6 Å². The van der Waals surface area contributed by atoms with Gasteiger partial charge in [-0.2, -0.15) is 0 Å². The van der Waals surface area contributed by atoms with Gasteiger partial charge < -0.3 is 15.4 Å². The number of hydrogen-bond acceptors (Lipinski definition) is 3. The molecule has 0 spiro atoms. The van der Waals surface area contributed by atoms with Gasteiger partial charge >= 0.3 is 0 Å². The summed E-state index contributed by atoms with van der Waals surface area (Å²) in [6.45, 7) is 4.35. The summed E-state index contributed by atoms with van der Waals surface area (Å²) in [6.07, 6.45) is 3.27. The summed E-state index contributed by atoms with van der Waals surface area (Å²) in [5.41, 5.74) is 6.99. The van der Waals surface area contributed by atoms with Gasteiger partial charge in [-0.15, -0.1) is 12.4 Å². The van der Waals surface area contributed by atoms with Crippen LogP contribution in [-0.2, 0) is 11.2 Å². The molecular weight excluding hydrogens is 288 g/mol. The maximum Gasteiger partial charge on any atom is 0.222 e. The maximum atomic E-state index is 12.0. The fourth-order valence-corrected chi connectivity index (χ4v) is 2.40. The molecule has 1 aromatic carbocycles. The molecule has 1 aliphatic rings. The molecule has 118 valence electrons. The van der Waals surface area contributed by atoms with Crippen molar-refractivity contribution in [2.24, 2.45) is 5.73 Å². The van der Waals surface area contributed by atoms with Gasteiger partial charge in [0.05, 0.1) is 6.61 Å². The molecule has 1 amide bonds. The summed E-state index contributed by atoms with van der Waals surface area (Å²) >= 11 is 0. The fraction of sp³-hybridized carbons (Fsp3) is 0.562. The Balaban J connectivity index is 0.00000220. The minimum absolute atomic E-state index is 0. The van der Waals surface area contributed by atoms with E-state index in [0.29, 0.717) is 13.0 Å². The molecule has 1 aromatic rings. The molecule has 2 rings (SSSR count). The largest absolute Gasteiger partial charge is 0.494 e. The van der Waals surface area contributed by atoms with Crippen LogP contribution in [0.1, 0.15) is 31.7 Å². The van der Waals surface area contributed by atoms with E-state index in [1.54, 1.807) is 0 Å². The lowest BCUT2D eigenvalue weighted by atomic mass is 10.1. The third kappa shape index (κ3) is 5.56. The zero-order valence-electron chi connectivity index (χ0n) is 12.6.